The van der Waals surface area contributed by atoms with Gasteiger partial charge < -0.3 is 0 Å². The van der Waals surface area contributed by atoms with Crippen LogP contribution in [0.15, 0.2) is 24.3 Å². The van der Waals surface area contributed by atoms with Gasteiger partial charge in [-0.2, -0.15) is 0 Å². The van der Waals surface area contributed by atoms with Gasteiger partial charge in [-0.15, -0.1) is 0 Å². The number of ketones is 1. The van der Waals surface area contributed by atoms with E-state index in [1.54, 1.807) is 0 Å². The van der Waals surface area contributed by atoms with Crippen molar-refractivity contribution in [2.75, 3.05) is 0 Å². The normalized spacial score (nSPS) is 59.5. The Labute approximate surface area is 77.5 Å². The molecule has 0 aromatic carbocycles. The van der Waals surface area contributed by atoms with Gasteiger partial charge in [-0.25, -0.2) is 0 Å². The van der Waals surface area contributed by atoms with E-state index in [2.05, 4.69) is 24.3 Å². The standard InChI is InChI=1S/C12H12O/c13-9-8-3-6-11-4-1-2-5-12(11,7-8)10(9)11/h1-2,4-5,8,10H,3,6-7H2. The molecule has 0 N–H and O–H groups in total. The van der Waals surface area contributed by atoms with Crippen LogP contribution in [0.4, 0.5) is 0 Å². The highest BCUT2D eigenvalue weighted by Crippen LogP contribution is 2.83. The molecule has 0 amide bonds. The van der Waals surface area contributed by atoms with Gasteiger partial charge in [-0.05, 0) is 19.3 Å². The van der Waals surface area contributed by atoms with Gasteiger partial charge in [0.25, 0.3) is 0 Å². The number of allylic oxidation sites excluding steroid dienone is 4. The fraction of sp³-hybridized carbons (Fsp3) is 0.583. The highest BCUT2D eigenvalue weighted by Gasteiger charge is 2.82. The molecule has 0 saturated heterocycles. The number of hydrogen-bond donors (Lipinski definition) is 0. The summed E-state index contributed by atoms with van der Waals surface area (Å²) in [5, 5.41) is 0. The van der Waals surface area contributed by atoms with Crippen molar-refractivity contribution < 1.29 is 4.79 Å². The lowest BCUT2D eigenvalue weighted by atomic mass is 9.70. The molecule has 4 bridgehead atoms. The lowest BCUT2D eigenvalue weighted by Crippen LogP contribution is -2.29. The minimum atomic E-state index is 0.299. The van der Waals surface area contributed by atoms with E-state index < -0.39 is 0 Å². The van der Waals surface area contributed by atoms with Gasteiger partial charge in [0.15, 0.2) is 0 Å². The Morgan fingerprint density at radius 3 is 2.77 bits per heavy atom. The first kappa shape index (κ1) is 6.58. The van der Waals surface area contributed by atoms with Crippen LogP contribution in [0.5, 0.6) is 0 Å². The number of hydrogen-bond acceptors (Lipinski definition) is 1. The maximum atomic E-state index is 11.9. The third kappa shape index (κ3) is 0.438. The fourth-order valence-electron chi connectivity index (χ4n) is 4.35. The van der Waals surface area contributed by atoms with E-state index in [-0.39, 0.29) is 0 Å². The third-order valence-electron chi connectivity index (χ3n) is 4.89. The first-order valence-corrected chi connectivity index (χ1v) is 5.21. The lowest BCUT2D eigenvalue weighted by Gasteiger charge is -2.32. The molecule has 5 rings (SSSR count). The molecule has 2 spiro atoms. The van der Waals surface area contributed by atoms with Gasteiger partial charge in [0.2, 0.25) is 0 Å². The Hall–Kier alpha value is -0.850. The van der Waals surface area contributed by atoms with Gasteiger partial charge in [0.05, 0.1) is 0 Å². The summed E-state index contributed by atoms with van der Waals surface area (Å²) < 4.78 is 0. The first-order chi connectivity index (χ1) is 6.30. The largest absolute Gasteiger partial charge is 0.299 e. The van der Waals surface area contributed by atoms with Gasteiger partial charge >= 0.3 is 0 Å². The molecule has 13 heavy (non-hydrogen) atoms. The molecule has 4 atom stereocenters. The van der Waals surface area contributed by atoms with Crippen LogP contribution >= 0.6 is 0 Å². The van der Waals surface area contributed by atoms with E-state index in [4.69, 9.17) is 0 Å². The monoisotopic (exact) mass is 172 g/mol. The maximum absolute atomic E-state index is 11.9. The molecule has 0 aliphatic heterocycles. The van der Waals surface area contributed by atoms with Crippen LogP contribution in [0, 0.1) is 22.7 Å². The van der Waals surface area contributed by atoms with Crippen molar-refractivity contribution in [1.82, 2.24) is 0 Å². The molecule has 4 saturated carbocycles. The first-order valence-electron chi connectivity index (χ1n) is 5.21. The van der Waals surface area contributed by atoms with Gasteiger partial charge in [-0.3, -0.25) is 4.79 Å². The quantitative estimate of drug-likeness (QED) is 0.547. The van der Waals surface area contributed by atoms with Crippen LogP contribution in [-0.4, -0.2) is 5.78 Å². The summed E-state index contributed by atoms with van der Waals surface area (Å²) in [6.45, 7) is 0. The molecule has 66 valence electrons. The predicted molar refractivity (Wildman–Crippen MR) is 49.0 cm³/mol. The van der Waals surface area contributed by atoms with E-state index >= 15 is 0 Å². The topological polar surface area (TPSA) is 17.1 Å². The molecule has 5 aliphatic rings. The zero-order valence-electron chi connectivity index (χ0n) is 7.49. The predicted octanol–water partition coefficient (Wildman–Crippen LogP) is 2.10. The second-order valence-electron chi connectivity index (χ2n) is 5.07. The van der Waals surface area contributed by atoms with Crippen molar-refractivity contribution in [1.29, 1.82) is 0 Å². The van der Waals surface area contributed by atoms with Gasteiger partial charge in [-0.1, -0.05) is 24.3 Å². The Balaban J connectivity index is 1.98. The summed E-state index contributed by atoms with van der Waals surface area (Å²) in [6, 6.07) is 0. The molecule has 1 heteroatoms. The minimum absolute atomic E-state index is 0.299. The Morgan fingerprint density at radius 1 is 1.23 bits per heavy atom. The molecule has 4 unspecified atom stereocenters. The van der Waals surface area contributed by atoms with Crippen molar-refractivity contribution >= 4 is 5.78 Å². The number of fused-ring (bicyclic) bond motifs is 1. The second kappa shape index (κ2) is 1.56. The molecule has 0 aromatic heterocycles. The highest BCUT2D eigenvalue weighted by atomic mass is 16.1. The smallest absolute Gasteiger partial charge is 0.140 e. The minimum Gasteiger partial charge on any atom is -0.299 e. The average molecular weight is 172 g/mol. The Bertz CT molecular complexity index is 361. The number of rotatable bonds is 0. The Morgan fingerprint density at radius 2 is 2.00 bits per heavy atom. The number of Topliss-reactive ketones (excluding diaryl/α,β-unsaturated/α-hetero) is 1. The van der Waals surface area contributed by atoms with E-state index in [0.29, 0.717) is 28.4 Å². The fourth-order valence-corrected chi connectivity index (χ4v) is 4.35. The molecule has 0 aromatic rings. The maximum Gasteiger partial charge on any atom is 0.140 e. The van der Waals surface area contributed by atoms with E-state index in [1.165, 1.54) is 6.42 Å². The summed E-state index contributed by atoms with van der Waals surface area (Å²) >= 11 is 0. The van der Waals surface area contributed by atoms with Crippen LogP contribution in [0.3, 0.4) is 0 Å². The van der Waals surface area contributed by atoms with Crippen molar-refractivity contribution in [3.63, 3.8) is 0 Å². The molecule has 5 aliphatic carbocycles. The SMILES string of the molecule is O=C1C2CCC34C=CC=CC3(C2)C14. The summed E-state index contributed by atoms with van der Waals surface area (Å²) in [5.41, 5.74) is 0.606. The average Bonchev–Trinajstić information content (AvgIpc) is 2.71. The molecular formula is C12H12O. The Kier molecular flexibility index (Phi) is 0.789. The summed E-state index contributed by atoms with van der Waals surface area (Å²) in [5.74, 6) is 1.37. The van der Waals surface area contributed by atoms with Crippen molar-refractivity contribution in [2.45, 2.75) is 19.3 Å². The number of carbonyl (C=O) groups is 1. The van der Waals surface area contributed by atoms with Gasteiger partial charge in [0.1, 0.15) is 5.78 Å². The van der Waals surface area contributed by atoms with Crippen molar-refractivity contribution in [3.05, 3.63) is 24.3 Å². The van der Waals surface area contributed by atoms with Crippen LogP contribution in [-0.2, 0) is 4.79 Å². The molecule has 0 radical (unpaired) electrons. The molecule has 1 nitrogen and oxygen atoms in total. The van der Waals surface area contributed by atoms with E-state index in [9.17, 15) is 4.79 Å². The van der Waals surface area contributed by atoms with Gasteiger partial charge in [0, 0.05) is 22.7 Å². The zero-order valence-corrected chi connectivity index (χ0v) is 7.49. The summed E-state index contributed by atoms with van der Waals surface area (Å²) in [6.07, 6.45) is 12.5. The van der Waals surface area contributed by atoms with E-state index in [0.717, 1.165) is 12.8 Å². The highest BCUT2D eigenvalue weighted by molar-refractivity contribution is 5.95. The van der Waals surface area contributed by atoms with E-state index in [1.807, 2.05) is 0 Å². The van der Waals surface area contributed by atoms with Crippen LogP contribution in [0.2, 0.25) is 0 Å². The molecule has 4 fully saturated rings. The third-order valence-corrected chi connectivity index (χ3v) is 4.89. The summed E-state index contributed by atoms with van der Waals surface area (Å²) in [7, 11) is 0. The molecule has 0 heterocycles. The van der Waals surface area contributed by atoms with Crippen molar-refractivity contribution in [2.24, 2.45) is 22.7 Å². The van der Waals surface area contributed by atoms with Crippen LogP contribution in [0.1, 0.15) is 19.3 Å². The lowest BCUT2D eigenvalue weighted by molar-refractivity contribution is -0.125. The van der Waals surface area contributed by atoms with Crippen molar-refractivity contribution in [3.8, 4) is 0 Å². The second-order valence-corrected chi connectivity index (χ2v) is 5.07. The number of carbonyl (C=O) groups excluding carboxylic acids is 1. The van der Waals surface area contributed by atoms with Crippen LogP contribution < -0.4 is 0 Å². The zero-order chi connectivity index (χ0) is 8.68. The molecular weight excluding hydrogens is 160 g/mol. The van der Waals surface area contributed by atoms with Crippen LogP contribution in [0.25, 0.3) is 0 Å². The summed E-state index contributed by atoms with van der Waals surface area (Å²) in [4.78, 5) is 11.9.